The number of thiazole rings is 1. The van der Waals surface area contributed by atoms with Crippen molar-refractivity contribution >= 4 is 17.2 Å². The monoisotopic (exact) mass is 281 g/mol. The predicted octanol–water partition coefficient (Wildman–Crippen LogP) is 2.81. The molecule has 0 bridgehead atoms. The van der Waals surface area contributed by atoms with Gasteiger partial charge in [0, 0.05) is 18.0 Å². The minimum Gasteiger partial charge on any atom is -0.334 e. The molecule has 1 aliphatic rings. The van der Waals surface area contributed by atoms with Gasteiger partial charge in [0.1, 0.15) is 10.7 Å². The second-order valence-corrected chi connectivity index (χ2v) is 6.66. The highest BCUT2D eigenvalue weighted by Gasteiger charge is 2.33. The first-order valence-electron chi connectivity index (χ1n) is 7.01. The summed E-state index contributed by atoms with van der Waals surface area (Å²) in [4.78, 5) is 18.9. The normalized spacial score (nSPS) is 16.7. The summed E-state index contributed by atoms with van der Waals surface area (Å²) in [5.41, 5.74) is 6.36. The number of carbonyl (C=O) groups is 1. The van der Waals surface area contributed by atoms with Gasteiger partial charge in [0.2, 0.25) is 0 Å². The molecule has 0 radical (unpaired) electrons. The van der Waals surface area contributed by atoms with Crippen LogP contribution in [0, 0.1) is 5.92 Å². The lowest BCUT2D eigenvalue weighted by Crippen LogP contribution is -2.34. The summed E-state index contributed by atoms with van der Waals surface area (Å²) in [5, 5.41) is 2.68. The summed E-state index contributed by atoms with van der Waals surface area (Å²) in [6, 6.07) is 0.336. The molecule has 0 aliphatic heterocycles. The van der Waals surface area contributed by atoms with E-state index in [2.05, 4.69) is 18.8 Å². The summed E-state index contributed by atoms with van der Waals surface area (Å²) >= 11 is 1.48. The molecule has 1 aromatic rings. The smallest absolute Gasteiger partial charge is 0.273 e. The van der Waals surface area contributed by atoms with Crippen molar-refractivity contribution in [3.05, 3.63) is 16.1 Å². The van der Waals surface area contributed by atoms with Crippen LogP contribution in [0.3, 0.4) is 0 Å². The fourth-order valence-corrected chi connectivity index (χ4v) is 2.73. The third-order valence-corrected chi connectivity index (χ3v) is 4.37. The molecule has 1 unspecified atom stereocenters. The van der Waals surface area contributed by atoms with Gasteiger partial charge in [-0.05, 0) is 32.1 Å². The van der Waals surface area contributed by atoms with Crippen molar-refractivity contribution in [3.63, 3.8) is 0 Å². The van der Waals surface area contributed by atoms with Crippen LogP contribution < -0.4 is 5.73 Å². The lowest BCUT2D eigenvalue weighted by atomic mass is 10.1. The summed E-state index contributed by atoms with van der Waals surface area (Å²) in [6.07, 6.45) is 3.31. The highest BCUT2D eigenvalue weighted by atomic mass is 32.1. The number of nitrogens with zero attached hydrogens (tertiary/aromatic N) is 2. The van der Waals surface area contributed by atoms with Crippen LogP contribution in [0.25, 0.3) is 0 Å². The summed E-state index contributed by atoms with van der Waals surface area (Å²) < 4.78 is 0. The zero-order valence-corrected chi connectivity index (χ0v) is 12.7. The minimum atomic E-state index is -0.100. The number of amides is 1. The lowest BCUT2D eigenvalue weighted by Gasteiger charge is -2.22. The quantitative estimate of drug-likeness (QED) is 0.872. The van der Waals surface area contributed by atoms with Crippen molar-refractivity contribution in [1.29, 1.82) is 0 Å². The van der Waals surface area contributed by atoms with E-state index in [1.807, 2.05) is 17.2 Å². The molecule has 1 fully saturated rings. The molecule has 4 nitrogen and oxygen atoms in total. The van der Waals surface area contributed by atoms with Crippen LogP contribution in [0.5, 0.6) is 0 Å². The molecule has 19 heavy (non-hydrogen) atoms. The Kier molecular flexibility index (Phi) is 4.58. The van der Waals surface area contributed by atoms with Gasteiger partial charge in [-0.15, -0.1) is 11.3 Å². The summed E-state index contributed by atoms with van der Waals surface area (Å²) in [6.45, 7) is 7.11. The third-order valence-electron chi connectivity index (χ3n) is 3.33. The van der Waals surface area contributed by atoms with Crippen LogP contribution in [-0.2, 0) is 0 Å². The van der Waals surface area contributed by atoms with Crippen molar-refractivity contribution in [2.45, 2.75) is 52.1 Å². The van der Waals surface area contributed by atoms with Gasteiger partial charge in [-0.1, -0.05) is 13.8 Å². The number of nitrogens with two attached hydrogens (primary N) is 1. The third kappa shape index (κ3) is 3.76. The van der Waals surface area contributed by atoms with E-state index in [-0.39, 0.29) is 11.9 Å². The highest BCUT2D eigenvalue weighted by molar-refractivity contribution is 7.09. The van der Waals surface area contributed by atoms with Gasteiger partial charge in [0.15, 0.2) is 0 Å². The van der Waals surface area contributed by atoms with Crippen molar-refractivity contribution in [3.8, 4) is 0 Å². The molecule has 2 N–H and O–H groups in total. The van der Waals surface area contributed by atoms with Crippen LogP contribution in [0.2, 0.25) is 0 Å². The predicted molar refractivity (Wildman–Crippen MR) is 78.2 cm³/mol. The van der Waals surface area contributed by atoms with Crippen molar-refractivity contribution in [1.82, 2.24) is 9.88 Å². The molecule has 0 saturated heterocycles. The average molecular weight is 281 g/mol. The topological polar surface area (TPSA) is 59.2 Å². The Morgan fingerprint density at radius 1 is 1.53 bits per heavy atom. The summed E-state index contributed by atoms with van der Waals surface area (Å²) in [7, 11) is 0. The number of rotatable bonds is 6. The van der Waals surface area contributed by atoms with E-state index in [4.69, 9.17) is 5.73 Å². The Morgan fingerprint density at radius 3 is 2.68 bits per heavy atom. The van der Waals surface area contributed by atoms with E-state index in [0.717, 1.165) is 30.8 Å². The van der Waals surface area contributed by atoms with Gasteiger partial charge in [0.05, 0.1) is 6.04 Å². The number of hydrogen-bond acceptors (Lipinski definition) is 4. The van der Waals surface area contributed by atoms with Gasteiger partial charge >= 0.3 is 0 Å². The molecular weight excluding hydrogens is 258 g/mol. The zero-order chi connectivity index (χ0) is 14.0. The number of hydrogen-bond donors (Lipinski definition) is 1. The van der Waals surface area contributed by atoms with Crippen molar-refractivity contribution in [2.24, 2.45) is 11.7 Å². The fourth-order valence-electron chi connectivity index (χ4n) is 1.98. The molecule has 0 spiro atoms. The molecule has 1 amide bonds. The van der Waals surface area contributed by atoms with Crippen LogP contribution >= 0.6 is 11.3 Å². The molecule has 1 aliphatic carbocycles. The maximum absolute atomic E-state index is 12.5. The maximum atomic E-state index is 12.5. The molecule has 0 aromatic carbocycles. The molecule has 1 atom stereocenters. The first-order chi connectivity index (χ1) is 8.99. The van der Waals surface area contributed by atoms with Crippen LogP contribution in [0.4, 0.5) is 0 Å². The zero-order valence-electron chi connectivity index (χ0n) is 11.9. The van der Waals surface area contributed by atoms with Crippen molar-refractivity contribution in [2.75, 3.05) is 6.54 Å². The van der Waals surface area contributed by atoms with E-state index < -0.39 is 0 Å². The van der Waals surface area contributed by atoms with Gasteiger partial charge in [-0.3, -0.25) is 4.79 Å². The molecule has 106 valence electrons. The van der Waals surface area contributed by atoms with Crippen molar-refractivity contribution < 1.29 is 4.79 Å². The average Bonchev–Trinajstić information content (AvgIpc) is 3.05. The molecule has 1 heterocycles. The standard InChI is InChI=1S/C14H23N3OS/c1-9(2)6-7-17(11-4-5-11)14(18)12-8-19-13(16-12)10(3)15/h8-11H,4-7,15H2,1-3H3. The Labute approximate surface area is 119 Å². The molecule has 5 heteroatoms. The molecule has 2 rings (SSSR count). The number of aromatic nitrogens is 1. The van der Waals surface area contributed by atoms with E-state index >= 15 is 0 Å². The Balaban J connectivity index is 2.05. The maximum Gasteiger partial charge on any atom is 0.273 e. The Morgan fingerprint density at radius 2 is 2.21 bits per heavy atom. The fraction of sp³-hybridized carbons (Fsp3) is 0.714. The Hall–Kier alpha value is -0.940. The lowest BCUT2D eigenvalue weighted by molar-refractivity contribution is 0.0730. The van der Waals surface area contributed by atoms with Gasteiger partial charge in [-0.25, -0.2) is 4.98 Å². The minimum absolute atomic E-state index is 0.0753. The van der Waals surface area contributed by atoms with E-state index in [1.165, 1.54) is 11.3 Å². The van der Waals surface area contributed by atoms with Gasteiger partial charge in [-0.2, -0.15) is 0 Å². The van der Waals surface area contributed by atoms with E-state index in [9.17, 15) is 4.79 Å². The second kappa shape index (κ2) is 6.01. The van der Waals surface area contributed by atoms with Gasteiger partial charge < -0.3 is 10.6 Å². The molecule has 1 saturated carbocycles. The second-order valence-electron chi connectivity index (χ2n) is 5.77. The first kappa shape index (κ1) is 14.5. The van der Waals surface area contributed by atoms with Crippen LogP contribution in [0.15, 0.2) is 5.38 Å². The van der Waals surface area contributed by atoms with Gasteiger partial charge in [0.25, 0.3) is 5.91 Å². The Bertz CT molecular complexity index is 438. The van der Waals surface area contributed by atoms with E-state index in [1.54, 1.807) is 0 Å². The number of carbonyl (C=O) groups excluding carboxylic acids is 1. The highest BCUT2D eigenvalue weighted by Crippen LogP contribution is 2.29. The van der Waals surface area contributed by atoms with Crippen LogP contribution in [0.1, 0.15) is 61.6 Å². The molecule has 1 aromatic heterocycles. The first-order valence-corrected chi connectivity index (χ1v) is 7.89. The molecular formula is C14H23N3OS. The largest absolute Gasteiger partial charge is 0.334 e. The van der Waals surface area contributed by atoms with Crippen LogP contribution in [-0.4, -0.2) is 28.4 Å². The summed E-state index contributed by atoms with van der Waals surface area (Å²) in [5.74, 6) is 0.690. The van der Waals surface area contributed by atoms with E-state index in [0.29, 0.717) is 17.7 Å². The SMILES string of the molecule is CC(C)CCN(C(=O)c1csc(C(C)N)n1)C1CC1.